The van der Waals surface area contributed by atoms with E-state index in [1.807, 2.05) is 0 Å². The van der Waals surface area contributed by atoms with Crippen LogP contribution in [-0.2, 0) is 0 Å². The van der Waals surface area contributed by atoms with Gasteiger partial charge in [-0.15, -0.1) is 6.42 Å². The van der Waals surface area contributed by atoms with E-state index in [-0.39, 0.29) is 5.82 Å². The Morgan fingerprint density at radius 1 is 1.80 bits per heavy atom. The van der Waals surface area contributed by atoms with E-state index in [9.17, 15) is 9.18 Å². The van der Waals surface area contributed by atoms with Gasteiger partial charge in [-0.3, -0.25) is 0 Å². The van der Waals surface area contributed by atoms with Crippen molar-refractivity contribution < 1.29 is 14.3 Å². The van der Waals surface area contributed by atoms with E-state index in [1.54, 1.807) is 6.92 Å². The summed E-state index contributed by atoms with van der Waals surface area (Å²) >= 11 is 0. The molecule has 1 heterocycles. The molecule has 1 rings (SSSR count). The number of pyridine rings is 1. The van der Waals surface area contributed by atoms with Crippen LogP contribution in [0.25, 0.3) is 0 Å². The fraction of sp³-hybridized carbons (Fsp3) is 0.200. The molecule has 0 aliphatic carbocycles. The van der Waals surface area contributed by atoms with Crippen molar-refractivity contribution in [3.63, 3.8) is 0 Å². The summed E-state index contributed by atoms with van der Waals surface area (Å²) in [5, 5.41) is 11.2. The molecule has 0 aromatic carbocycles. The van der Waals surface area contributed by atoms with Crippen LogP contribution in [0.1, 0.15) is 17.3 Å². The molecule has 0 aliphatic heterocycles. The second-order valence-corrected chi connectivity index (χ2v) is 2.86. The first-order valence-corrected chi connectivity index (χ1v) is 4.16. The van der Waals surface area contributed by atoms with E-state index in [0.29, 0.717) is 0 Å². The quantitative estimate of drug-likeness (QED) is 0.736. The molecule has 1 atom stereocenters. The zero-order valence-electron chi connectivity index (χ0n) is 7.99. The summed E-state index contributed by atoms with van der Waals surface area (Å²) < 4.78 is 13.4. The van der Waals surface area contributed by atoms with Gasteiger partial charge in [0, 0.05) is 6.20 Å². The van der Waals surface area contributed by atoms with E-state index < -0.39 is 23.4 Å². The lowest BCUT2D eigenvalue weighted by Crippen LogP contribution is -2.16. The highest BCUT2D eigenvalue weighted by molar-refractivity contribution is 5.88. The van der Waals surface area contributed by atoms with Crippen molar-refractivity contribution in [2.75, 3.05) is 5.32 Å². The molecule has 78 valence electrons. The van der Waals surface area contributed by atoms with Crippen molar-refractivity contribution >= 4 is 11.8 Å². The summed E-state index contributed by atoms with van der Waals surface area (Å²) in [5.74, 6) is -0.0798. The number of nitrogens with zero attached hydrogens (tertiary/aromatic N) is 1. The summed E-state index contributed by atoms with van der Waals surface area (Å²) in [4.78, 5) is 14.3. The van der Waals surface area contributed by atoms with Crippen LogP contribution in [0.4, 0.5) is 10.2 Å². The van der Waals surface area contributed by atoms with Crippen LogP contribution >= 0.6 is 0 Å². The number of hydrogen-bond acceptors (Lipinski definition) is 3. The smallest absolute Gasteiger partial charge is 0.338 e. The molecule has 0 radical (unpaired) electrons. The molecule has 0 aliphatic rings. The molecule has 1 aromatic heterocycles. The number of carboxylic acid groups (broad SMARTS) is 1. The minimum absolute atomic E-state index is 0.152. The summed E-state index contributed by atoms with van der Waals surface area (Å²) in [6.07, 6.45) is 6.30. The Bertz CT molecular complexity index is 426. The second kappa shape index (κ2) is 4.42. The number of carbonyl (C=O) groups is 1. The van der Waals surface area contributed by atoms with Gasteiger partial charge in [0.25, 0.3) is 0 Å². The molecule has 1 aromatic rings. The highest BCUT2D eigenvalue weighted by Gasteiger charge is 2.15. The largest absolute Gasteiger partial charge is 0.478 e. The van der Waals surface area contributed by atoms with Crippen molar-refractivity contribution in [1.82, 2.24) is 4.98 Å². The average molecular weight is 208 g/mol. The molecule has 2 N–H and O–H groups in total. The first kappa shape index (κ1) is 11.0. The molecule has 0 fully saturated rings. The highest BCUT2D eigenvalue weighted by atomic mass is 19.1. The summed E-state index contributed by atoms with van der Waals surface area (Å²) in [5.41, 5.74) is -0.434. The van der Waals surface area contributed by atoms with Crippen molar-refractivity contribution in [2.45, 2.75) is 13.0 Å². The standard InChI is InChI=1S/C10H9FN2O2/c1-3-6(2)13-9-8(11)7(10(14)15)4-5-12-9/h1,4-6H,2H3,(H,12,13)(H,14,15). The first-order chi connectivity index (χ1) is 7.06. The van der Waals surface area contributed by atoms with Crippen molar-refractivity contribution in [1.29, 1.82) is 0 Å². The average Bonchev–Trinajstić information content (AvgIpc) is 2.20. The van der Waals surface area contributed by atoms with E-state index in [1.165, 1.54) is 6.20 Å². The Labute approximate surface area is 86.1 Å². The summed E-state index contributed by atoms with van der Waals surface area (Å²) in [7, 11) is 0. The van der Waals surface area contributed by atoms with Gasteiger partial charge in [-0.05, 0) is 13.0 Å². The Morgan fingerprint density at radius 3 is 3.00 bits per heavy atom. The number of carboxylic acids is 1. The van der Waals surface area contributed by atoms with Gasteiger partial charge in [0.15, 0.2) is 11.6 Å². The van der Waals surface area contributed by atoms with Crippen LogP contribution in [0, 0.1) is 18.2 Å². The molecule has 0 saturated heterocycles. The molecule has 15 heavy (non-hydrogen) atoms. The maximum absolute atomic E-state index is 13.4. The molecule has 4 nitrogen and oxygen atoms in total. The van der Waals surface area contributed by atoms with Gasteiger partial charge < -0.3 is 10.4 Å². The maximum Gasteiger partial charge on any atom is 0.338 e. The van der Waals surface area contributed by atoms with Gasteiger partial charge in [-0.1, -0.05) is 5.92 Å². The zero-order valence-corrected chi connectivity index (χ0v) is 7.99. The van der Waals surface area contributed by atoms with Crippen LogP contribution in [-0.4, -0.2) is 22.1 Å². The number of aromatic carboxylic acids is 1. The number of hydrogen-bond donors (Lipinski definition) is 2. The maximum atomic E-state index is 13.4. The lowest BCUT2D eigenvalue weighted by Gasteiger charge is -2.09. The molecule has 5 heteroatoms. The Morgan fingerprint density at radius 2 is 2.47 bits per heavy atom. The van der Waals surface area contributed by atoms with Crippen LogP contribution in [0.3, 0.4) is 0 Å². The highest BCUT2D eigenvalue weighted by Crippen LogP contribution is 2.15. The van der Waals surface area contributed by atoms with Crippen molar-refractivity contribution in [3.05, 3.63) is 23.6 Å². The minimum Gasteiger partial charge on any atom is -0.478 e. The summed E-state index contributed by atoms with van der Waals surface area (Å²) in [6, 6.07) is 0.666. The van der Waals surface area contributed by atoms with Crippen LogP contribution in [0.5, 0.6) is 0 Å². The number of nitrogens with one attached hydrogen (secondary N) is 1. The molecule has 0 amide bonds. The first-order valence-electron chi connectivity index (χ1n) is 4.16. The van der Waals surface area contributed by atoms with E-state index in [0.717, 1.165) is 6.07 Å². The van der Waals surface area contributed by atoms with Crippen LogP contribution in [0.15, 0.2) is 12.3 Å². The third-order valence-electron chi connectivity index (χ3n) is 1.72. The van der Waals surface area contributed by atoms with Gasteiger partial charge in [0.05, 0.1) is 6.04 Å². The number of aromatic nitrogens is 1. The fourth-order valence-electron chi connectivity index (χ4n) is 0.956. The predicted octanol–water partition coefficient (Wildman–Crippen LogP) is 1.35. The normalized spacial score (nSPS) is 11.5. The predicted molar refractivity (Wildman–Crippen MR) is 53.1 cm³/mol. The monoisotopic (exact) mass is 208 g/mol. The van der Waals surface area contributed by atoms with Crippen molar-refractivity contribution in [3.8, 4) is 12.3 Å². The molecule has 1 unspecified atom stereocenters. The lowest BCUT2D eigenvalue weighted by molar-refractivity contribution is 0.0692. The van der Waals surface area contributed by atoms with Crippen molar-refractivity contribution in [2.24, 2.45) is 0 Å². The van der Waals surface area contributed by atoms with E-state index in [2.05, 4.69) is 16.2 Å². The summed E-state index contributed by atoms with van der Waals surface area (Å²) in [6.45, 7) is 1.63. The molecule has 0 spiro atoms. The van der Waals surface area contributed by atoms with Gasteiger partial charge in [0.2, 0.25) is 0 Å². The Balaban J connectivity index is 3.06. The van der Waals surface area contributed by atoms with Gasteiger partial charge in [-0.25, -0.2) is 14.2 Å². The number of anilines is 1. The minimum atomic E-state index is -1.34. The molecular weight excluding hydrogens is 199 g/mol. The number of rotatable bonds is 3. The third-order valence-corrected chi connectivity index (χ3v) is 1.72. The zero-order chi connectivity index (χ0) is 11.4. The lowest BCUT2D eigenvalue weighted by atomic mass is 10.2. The topological polar surface area (TPSA) is 62.2 Å². The second-order valence-electron chi connectivity index (χ2n) is 2.86. The van der Waals surface area contributed by atoms with Crippen LogP contribution < -0.4 is 5.32 Å². The number of terminal acetylenes is 1. The van der Waals surface area contributed by atoms with Crippen LogP contribution in [0.2, 0.25) is 0 Å². The third kappa shape index (κ3) is 2.44. The molecular formula is C10H9FN2O2. The Kier molecular flexibility index (Phi) is 3.24. The SMILES string of the molecule is C#CC(C)Nc1nccc(C(=O)O)c1F. The van der Waals surface area contributed by atoms with Gasteiger partial charge in [-0.2, -0.15) is 0 Å². The van der Waals surface area contributed by atoms with E-state index >= 15 is 0 Å². The van der Waals surface area contributed by atoms with E-state index in [4.69, 9.17) is 11.5 Å². The molecule has 0 bridgehead atoms. The van der Waals surface area contributed by atoms with Gasteiger partial charge in [0.1, 0.15) is 5.56 Å². The van der Waals surface area contributed by atoms with Gasteiger partial charge >= 0.3 is 5.97 Å². The Hall–Kier alpha value is -2.09. The number of halogens is 1. The molecule has 0 saturated carbocycles. The fourth-order valence-corrected chi connectivity index (χ4v) is 0.956.